The molecule has 6 heterocycles. The van der Waals surface area contributed by atoms with Crippen molar-refractivity contribution >= 4 is 22.9 Å². The third-order valence-electron chi connectivity index (χ3n) is 9.24. The molecule has 2 saturated carbocycles. The predicted molar refractivity (Wildman–Crippen MR) is 163 cm³/mol. The summed E-state index contributed by atoms with van der Waals surface area (Å²) in [5.74, 6) is 2.55. The highest BCUT2D eigenvalue weighted by molar-refractivity contribution is 5.96. The number of nitriles is 1. The van der Waals surface area contributed by atoms with Gasteiger partial charge < -0.3 is 24.8 Å². The lowest BCUT2D eigenvalue weighted by Crippen LogP contribution is -2.64. The number of nitrogens with zero attached hydrogens (tertiary/aromatic N) is 6. The lowest BCUT2D eigenvalue weighted by Gasteiger charge is -2.61. The Labute approximate surface area is 255 Å². The summed E-state index contributed by atoms with van der Waals surface area (Å²) < 4.78 is 12.7. The van der Waals surface area contributed by atoms with Gasteiger partial charge in [0.2, 0.25) is 11.8 Å². The molecule has 0 spiro atoms. The van der Waals surface area contributed by atoms with Gasteiger partial charge in [-0.05, 0) is 76.1 Å². The molecular weight excluding hydrogens is 558 g/mol. The Morgan fingerprint density at radius 1 is 1.14 bits per heavy atom. The van der Waals surface area contributed by atoms with E-state index in [1.807, 2.05) is 30.5 Å². The zero-order valence-corrected chi connectivity index (χ0v) is 25.0. The van der Waals surface area contributed by atoms with Gasteiger partial charge in [-0.2, -0.15) is 10.4 Å². The second-order valence-electron chi connectivity index (χ2n) is 13.0. The zero-order valence-electron chi connectivity index (χ0n) is 25.0. The van der Waals surface area contributed by atoms with Crippen LogP contribution in [0.15, 0.2) is 55.1 Å². The number of piperidine rings is 2. The maximum atomic E-state index is 13.7. The van der Waals surface area contributed by atoms with Crippen molar-refractivity contribution in [2.75, 3.05) is 23.9 Å². The number of methoxy groups -OCH3 is 1. The first-order chi connectivity index (χ1) is 21.1. The van der Waals surface area contributed by atoms with Crippen molar-refractivity contribution < 1.29 is 19.4 Å². The lowest BCUT2D eigenvalue weighted by molar-refractivity contribution is -0.134. The first kappa shape index (κ1) is 28.1. The van der Waals surface area contributed by atoms with Crippen LogP contribution < -0.4 is 19.7 Å². The van der Waals surface area contributed by atoms with E-state index >= 15 is 0 Å². The Bertz CT molecular complexity index is 1740. The SMILES string of the molecule is COc1ccc(NC(=O)C23CC4CC(C2)N(c2ccc(-c5cc(OCC(C)(C)O)cn6ncc(C#N)c56)cn2)C(C4)C3)cn1. The standard InChI is InChI=1S/C33H35N7O4/c1-32(2,42)19-44-26-10-27(30-22(14-34)16-37-39(30)18-26)21-4-6-28(35-15-21)40-24-8-20-9-25(40)13-33(11-20,12-24)31(41)38-23-5-7-29(43-3)36-17-23/h4-7,10,15-18,20,24-25,42H,8-9,11-13,19H2,1-3H3,(H,38,41). The molecule has 11 nitrogen and oxygen atoms in total. The number of fused-ring (bicyclic) bond motifs is 1. The molecular formula is C33H35N7O4. The van der Waals surface area contributed by atoms with Crippen molar-refractivity contribution in [1.29, 1.82) is 5.26 Å². The van der Waals surface area contributed by atoms with Crippen molar-refractivity contribution in [2.45, 2.75) is 63.6 Å². The van der Waals surface area contributed by atoms with E-state index in [9.17, 15) is 15.2 Å². The molecule has 4 aromatic rings. The number of carbonyl (C=O) groups excluding carboxylic acids is 1. The fraction of sp³-hybridized carbons (Fsp3) is 0.424. The largest absolute Gasteiger partial charge is 0.489 e. The van der Waals surface area contributed by atoms with Crippen LogP contribution in [-0.2, 0) is 4.79 Å². The number of aromatic nitrogens is 4. The number of anilines is 2. The minimum atomic E-state index is -1.00. The molecule has 4 aromatic heterocycles. The van der Waals surface area contributed by atoms with Gasteiger partial charge in [0, 0.05) is 35.5 Å². The average Bonchev–Trinajstić information content (AvgIpc) is 3.43. The van der Waals surface area contributed by atoms with Gasteiger partial charge in [0.1, 0.15) is 24.2 Å². The normalized spacial score (nSPS) is 23.9. The number of rotatable bonds is 8. The van der Waals surface area contributed by atoms with Gasteiger partial charge in [-0.15, -0.1) is 0 Å². The van der Waals surface area contributed by atoms with Gasteiger partial charge >= 0.3 is 0 Å². The molecule has 44 heavy (non-hydrogen) atoms. The minimum absolute atomic E-state index is 0.0802. The third kappa shape index (κ3) is 4.99. The van der Waals surface area contributed by atoms with Crippen molar-refractivity contribution in [3.05, 3.63) is 60.7 Å². The zero-order chi connectivity index (χ0) is 30.6. The molecule has 4 aliphatic rings. The Morgan fingerprint density at radius 2 is 1.93 bits per heavy atom. The van der Waals surface area contributed by atoms with Crippen LogP contribution in [0.1, 0.15) is 51.5 Å². The Hall–Kier alpha value is -4.69. The molecule has 4 bridgehead atoms. The Morgan fingerprint density at radius 3 is 2.57 bits per heavy atom. The van der Waals surface area contributed by atoms with Crippen molar-refractivity contribution in [1.82, 2.24) is 19.6 Å². The molecule has 2 aliphatic heterocycles. The highest BCUT2D eigenvalue weighted by atomic mass is 16.5. The number of pyridine rings is 3. The molecule has 8 rings (SSSR count). The third-order valence-corrected chi connectivity index (χ3v) is 9.24. The summed E-state index contributed by atoms with van der Waals surface area (Å²) in [7, 11) is 1.57. The molecule has 4 fully saturated rings. The van der Waals surface area contributed by atoms with Gasteiger partial charge in [-0.3, -0.25) is 4.79 Å². The van der Waals surface area contributed by atoms with Crippen LogP contribution in [0.5, 0.6) is 11.6 Å². The second-order valence-corrected chi connectivity index (χ2v) is 13.0. The fourth-order valence-electron chi connectivity index (χ4n) is 7.55. The van der Waals surface area contributed by atoms with E-state index in [-0.39, 0.29) is 24.6 Å². The lowest BCUT2D eigenvalue weighted by atomic mass is 9.55. The van der Waals surface area contributed by atoms with E-state index in [0.29, 0.717) is 34.3 Å². The minimum Gasteiger partial charge on any atom is -0.489 e. The number of ether oxygens (including phenoxy) is 2. The molecule has 2 unspecified atom stereocenters. The van der Waals surface area contributed by atoms with E-state index in [1.165, 1.54) is 6.20 Å². The number of hydrogen-bond acceptors (Lipinski definition) is 9. The van der Waals surface area contributed by atoms with E-state index < -0.39 is 11.0 Å². The van der Waals surface area contributed by atoms with E-state index in [0.717, 1.165) is 49.0 Å². The first-order valence-electron chi connectivity index (χ1n) is 15.0. The average molecular weight is 594 g/mol. The summed E-state index contributed by atoms with van der Waals surface area (Å²) in [4.78, 5) is 25.3. The van der Waals surface area contributed by atoms with E-state index in [1.54, 1.807) is 43.9 Å². The Kier molecular flexibility index (Phi) is 6.70. The topological polar surface area (TPSA) is 138 Å². The maximum Gasteiger partial charge on any atom is 0.230 e. The number of nitrogens with one attached hydrogen (secondary N) is 1. The number of hydrogen-bond donors (Lipinski definition) is 2. The molecule has 2 aliphatic carbocycles. The molecule has 2 atom stereocenters. The summed E-state index contributed by atoms with van der Waals surface area (Å²) in [5.41, 5.74) is 2.03. The van der Waals surface area contributed by atoms with Crippen molar-refractivity contribution in [2.24, 2.45) is 11.3 Å². The molecule has 2 N–H and O–H groups in total. The van der Waals surface area contributed by atoms with Crippen LogP contribution in [0.2, 0.25) is 0 Å². The van der Waals surface area contributed by atoms with Gasteiger partial charge in [0.15, 0.2) is 0 Å². The molecule has 0 radical (unpaired) electrons. The van der Waals surface area contributed by atoms with Crippen LogP contribution in [0.4, 0.5) is 11.5 Å². The smallest absolute Gasteiger partial charge is 0.230 e. The highest BCUT2D eigenvalue weighted by Gasteiger charge is 2.58. The summed E-state index contributed by atoms with van der Waals surface area (Å²) in [6.07, 6.45) is 11.4. The van der Waals surface area contributed by atoms with Gasteiger partial charge in [0.05, 0.1) is 53.5 Å². The molecule has 11 heteroatoms. The fourth-order valence-corrected chi connectivity index (χ4v) is 7.55. The van der Waals surface area contributed by atoms with Crippen LogP contribution in [0, 0.1) is 22.7 Å². The van der Waals surface area contributed by atoms with Crippen molar-refractivity contribution in [3.63, 3.8) is 0 Å². The van der Waals surface area contributed by atoms with E-state index in [2.05, 4.69) is 26.4 Å². The van der Waals surface area contributed by atoms with Gasteiger partial charge in [-0.1, -0.05) is 0 Å². The quantitative estimate of drug-likeness (QED) is 0.300. The predicted octanol–water partition coefficient (Wildman–Crippen LogP) is 4.60. The Balaban J connectivity index is 1.14. The van der Waals surface area contributed by atoms with Gasteiger partial charge in [-0.25, -0.2) is 14.5 Å². The highest BCUT2D eigenvalue weighted by Crippen LogP contribution is 2.57. The maximum absolute atomic E-state index is 13.7. The van der Waals surface area contributed by atoms with Crippen LogP contribution >= 0.6 is 0 Å². The number of carbonyl (C=O) groups is 1. The number of aliphatic hydroxyl groups is 1. The molecule has 1 amide bonds. The number of amides is 1. The summed E-state index contributed by atoms with van der Waals surface area (Å²) >= 11 is 0. The van der Waals surface area contributed by atoms with Crippen LogP contribution in [0.3, 0.4) is 0 Å². The molecule has 2 saturated heterocycles. The summed E-state index contributed by atoms with van der Waals surface area (Å²) in [6.45, 7) is 3.47. The van der Waals surface area contributed by atoms with Crippen LogP contribution in [-0.4, -0.2) is 62.0 Å². The molecule has 0 aromatic carbocycles. The summed E-state index contributed by atoms with van der Waals surface area (Å²) in [6, 6.07) is 12.2. The first-order valence-corrected chi connectivity index (χ1v) is 15.0. The summed E-state index contributed by atoms with van der Waals surface area (Å²) in [5, 5.41) is 27.4. The van der Waals surface area contributed by atoms with Crippen molar-refractivity contribution in [3.8, 4) is 28.8 Å². The monoisotopic (exact) mass is 593 g/mol. The second kappa shape index (κ2) is 10.5. The van der Waals surface area contributed by atoms with E-state index in [4.69, 9.17) is 14.5 Å². The van der Waals surface area contributed by atoms with Crippen LogP contribution in [0.25, 0.3) is 16.6 Å². The molecule has 226 valence electrons. The van der Waals surface area contributed by atoms with Gasteiger partial charge in [0.25, 0.3) is 0 Å².